The lowest BCUT2D eigenvalue weighted by Crippen LogP contribution is -2.29. The molecule has 0 atom stereocenters. The summed E-state index contributed by atoms with van der Waals surface area (Å²) in [4.78, 5) is 3.88. The van der Waals surface area contributed by atoms with Gasteiger partial charge in [-0.2, -0.15) is 0 Å². The van der Waals surface area contributed by atoms with E-state index in [1.54, 1.807) is 18.3 Å². The van der Waals surface area contributed by atoms with E-state index in [2.05, 4.69) is 4.98 Å². The first-order valence-corrected chi connectivity index (χ1v) is 4.71. The molecular weight excluding hydrogens is 200 g/mol. The number of halogens is 1. The maximum Gasteiger partial charge on any atom is 0.185 e. The molecule has 0 N–H and O–H groups in total. The molecule has 0 spiro atoms. The van der Waals surface area contributed by atoms with Gasteiger partial charge in [0.15, 0.2) is 11.8 Å². The molecule has 3 nitrogen and oxygen atoms in total. The van der Waals surface area contributed by atoms with Crippen LogP contribution in [0.5, 0.6) is 0 Å². The Hall–Kier alpha value is -1.09. The molecule has 0 unspecified atom stereocenters. The normalized spacial score (nSPS) is 13.0. The average Bonchev–Trinajstić information content (AvgIpc) is 2.07. The van der Waals surface area contributed by atoms with E-state index in [4.69, 9.17) is 11.6 Å². The first-order valence-electron chi connectivity index (χ1n) is 4.33. The van der Waals surface area contributed by atoms with Crippen LogP contribution in [0.15, 0.2) is 18.3 Å². The number of pyridine rings is 1. The minimum atomic E-state index is -0.459. The van der Waals surface area contributed by atoms with Crippen molar-refractivity contribution in [3.63, 3.8) is 0 Å². The van der Waals surface area contributed by atoms with Crippen molar-refractivity contribution in [1.29, 1.82) is 0 Å². The van der Waals surface area contributed by atoms with Crippen LogP contribution < -0.4 is 0 Å². The first-order chi connectivity index (χ1) is 6.41. The molecule has 0 bridgehead atoms. The molecule has 0 saturated carbocycles. The van der Waals surface area contributed by atoms with Crippen LogP contribution in [-0.4, -0.2) is 21.5 Å². The highest BCUT2D eigenvalue weighted by molar-refractivity contribution is 6.31. The Bertz CT molecular complexity index is 355. The largest absolute Gasteiger partial charge is 0.623 e. The Labute approximate surface area is 88.6 Å². The first kappa shape index (κ1) is 11.0. The molecule has 76 valence electrons. The second kappa shape index (κ2) is 3.96. The maximum absolute atomic E-state index is 11.6. The van der Waals surface area contributed by atoms with Crippen LogP contribution in [0.1, 0.15) is 26.3 Å². The SMILES string of the molecule is CC(C)(C)/[N+]([O-])=C/c1cccnc1Cl. The van der Waals surface area contributed by atoms with Crippen LogP contribution in [0.3, 0.4) is 0 Å². The molecule has 1 aromatic heterocycles. The fourth-order valence-corrected chi connectivity index (χ4v) is 0.983. The molecule has 1 heterocycles. The van der Waals surface area contributed by atoms with Crippen LogP contribution in [0.2, 0.25) is 5.15 Å². The minimum Gasteiger partial charge on any atom is -0.623 e. The fourth-order valence-electron chi connectivity index (χ4n) is 0.815. The summed E-state index contributed by atoms with van der Waals surface area (Å²) in [5, 5.41) is 11.9. The zero-order chi connectivity index (χ0) is 10.8. The third-order valence-electron chi connectivity index (χ3n) is 1.71. The van der Waals surface area contributed by atoms with Crippen molar-refractivity contribution in [1.82, 2.24) is 4.98 Å². The van der Waals surface area contributed by atoms with Crippen molar-refractivity contribution >= 4 is 17.8 Å². The van der Waals surface area contributed by atoms with E-state index in [1.807, 2.05) is 20.8 Å². The number of aromatic nitrogens is 1. The van der Waals surface area contributed by atoms with Gasteiger partial charge in [-0.05, 0) is 12.1 Å². The molecule has 1 aromatic rings. The quantitative estimate of drug-likeness (QED) is 0.236. The van der Waals surface area contributed by atoms with Crippen molar-refractivity contribution in [3.8, 4) is 0 Å². The molecule has 0 aromatic carbocycles. The van der Waals surface area contributed by atoms with E-state index >= 15 is 0 Å². The van der Waals surface area contributed by atoms with Gasteiger partial charge >= 0.3 is 0 Å². The predicted octanol–water partition coefficient (Wildman–Crippen LogP) is 2.46. The summed E-state index contributed by atoms with van der Waals surface area (Å²) in [6, 6.07) is 3.50. The number of hydrogen-bond donors (Lipinski definition) is 0. The molecule has 14 heavy (non-hydrogen) atoms. The maximum atomic E-state index is 11.6. The summed E-state index contributed by atoms with van der Waals surface area (Å²) in [7, 11) is 0. The smallest absolute Gasteiger partial charge is 0.185 e. The van der Waals surface area contributed by atoms with Crippen molar-refractivity contribution in [2.24, 2.45) is 0 Å². The summed E-state index contributed by atoms with van der Waals surface area (Å²) in [5.41, 5.74) is 0.179. The van der Waals surface area contributed by atoms with E-state index in [1.165, 1.54) is 6.21 Å². The Morgan fingerprint density at radius 1 is 1.50 bits per heavy atom. The Morgan fingerprint density at radius 3 is 2.64 bits per heavy atom. The van der Waals surface area contributed by atoms with Gasteiger partial charge in [-0.15, -0.1) is 0 Å². The van der Waals surface area contributed by atoms with Crippen molar-refractivity contribution < 1.29 is 4.74 Å². The number of nitrogens with zero attached hydrogens (tertiary/aromatic N) is 2. The molecule has 0 saturated heterocycles. The van der Waals surface area contributed by atoms with Gasteiger partial charge in [-0.25, -0.2) is 9.72 Å². The fraction of sp³-hybridized carbons (Fsp3) is 0.400. The van der Waals surface area contributed by atoms with Gasteiger partial charge in [0.05, 0.1) is 5.56 Å². The third-order valence-corrected chi connectivity index (χ3v) is 2.02. The van der Waals surface area contributed by atoms with Crippen molar-refractivity contribution in [2.45, 2.75) is 26.3 Å². The van der Waals surface area contributed by atoms with Gasteiger partial charge in [-0.3, -0.25) is 0 Å². The summed E-state index contributed by atoms with van der Waals surface area (Å²) in [6.45, 7) is 5.50. The van der Waals surface area contributed by atoms with E-state index in [0.717, 1.165) is 4.74 Å². The zero-order valence-corrected chi connectivity index (χ0v) is 9.25. The van der Waals surface area contributed by atoms with Gasteiger partial charge in [0.2, 0.25) is 0 Å². The lowest BCUT2D eigenvalue weighted by molar-refractivity contribution is -0.530. The van der Waals surface area contributed by atoms with Crippen LogP contribution >= 0.6 is 11.6 Å². The average molecular weight is 213 g/mol. The van der Waals surface area contributed by atoms with Gasteiger partial charge in [0, 0.05) is 27.0 Å². The Balaban J connectivity index is 3.04. The minimum absolute atomic E-state index is 0.345. The summed E-state index contributed by atoms with van der Waals surface area (Å²) in [6.07, 6.45) is 3.04. The van der Waals surface area contributed by atoms with E-state index in [0.29, 0.717) is 10.7 Å². The molecule has 0 aliphatic heterocycles. The second-order valence-electron chi connectivity index (χ2n) is 4.01. The zero-order valence-electron chi connectivity index (χ0n) is 8.49. The van der Waals surface area contributed by atoms with Gasteiger partial charge in [-0.1, -0.05) is 11.6 Å². The van der Waals surface area contributed by atoms with E-state index in [-0.39, 0.29) is 0 Å². The van der Waals surface area contributed by atoms with Gasteiger partial charge < -0.3 is 5.21 Å². The van der Waals surface area contributed by atoms with E-state index in [9.17, 15) is 5.21 Å². The van der Waals surface area contributed by atoms with Crippen LogP contribution in [-0.2, 0) is 0 Å². The highest BCUT2D eigenvalue weighted by atomic mass is 35.5. The van der Waals surface area contributed by atoms with Crippen molar-refractivity contribution in [2.75, 3.05) is 0 Å². The van der Waals surface area contributed by atoms with Crippen LogP contribution in [0.4, 0.5) is 0 Å². The molecule has 0 radical (unpaired) electrons. The van der Waals surface area contributed by atoms with E-state index < -0.39 is 5.54 Å². The molecule has 0 fully saturated rings. The van der Waals surface area contributed by atoms with Gasteiger partial charge in [0.25, 0.3) is 0 Å². The number of hydroxylamine groups is 1. The standard InChI is InChI=1S/C10H13ClN2O/c1-10(2,3)13(14)7-8-5-4-6-12-9(8)11/h4-7H,1-3H3/b13-7-. The molecular formula is C10H13ClN2O. The molecule has 0 aliphatic rings. The highest BCUT2D eigenvalue weighted by Crippen LogP contribution is 2.11. The molecule has 1 rings (SSSR count). The molecule has 4 heteroatoms. The lowest BCUT2D eigenvalue weighted by atomic mass is 10.1. The number of hydrogen-bond acceptors (Lipinski definition) is 2. The predicted molar refractivity (Wildman–Crippen MR) is 57.8 cm³/mol. The number of rotatable bonds is 1. The Morgan fingerprint density at radius 2 is 2.14 bits per heavy atom. The lowest BCUT2D eigenvalue weighted by Gasteiger charge is -2.18. The Kier molecular flexibility index (Phi) is 3.11. The topological polar surface area (TPSA) is 39.0 Å². The van der Waals surface area contributed by atoms with Crippen molar-refractivity contribution in [3.05, 3.63) is 34.3 Å². The molecule has 0 amide bonds. The summed E-state index contributed by atoms with van der Waals surface area (Å²) < 4.78 is 0.871. The monoisotopic (exact) mass is 212 g/mol. The summed E-state index contributed by atoms with van der Waals surface area (Å²) in [5.74, 6) is 0. The highest BCUT2D eigenvalue weighted by Gasteiger charge is 2.18. The second-order valence-corrected chi connectivity index (χ2v) is 4.37. The molecule has 0 aliphatic carbocycles. The summed E-state index contributed by atoms with van der Waals surface area (Å²) >= 11 is 5.81. The van der Waals surface area contributed by atoms with Crippen LogP contribution in [0.25, 0.3) is 0 Å². The van der Waals surface area contributed by atoms with Crippen LogP contribution in [0, 0.1) is 5.21 Å². The third kappa shape index (κ3) is 2.70. The van der Waals surface area contributed by atoms with Gasteiger partial charge in [0.1, 0.15) is 5.15 Å².